The first-order valence-electron chi connectivity index (χ1n) is 2.40. The van der Waals surface area contributed by atoms with Crippen LogP contribution in [0.1, 0.15) is 6.92 Å². The lowest BCUT2D eigenvalue weighted by atomic mass is 10.7. The van der Waals surface area contributed by atoms with Crippen molar-refractivity contribution in [3.8, 4) is 0 Å². The Morgan fingerprint density at radius 1 is 1.60 bits per heavy atom. The van der Waals surface area contributed by atoms with Crippen molar-refractivity contribution < 1.29 is 19.1 Å². The predicted molar refractivity (Wildman–Crippen MR) is 36.9 cm³/mol. The van der Waals surface area contributed by atoms with Gasteiger partial charge < -0.3 is 20.3 Å². The molecule has 0 aliphatic heterocycles. The Morgan fingerprint density at radius 3 is 1.70 bits per heavy atom. The molecule has 0 aliphatic rings. The molecule has 0 spiro atoms. The SMILES string of the molecule is COC(C)N.NP(=O)(O)O. The van der Waals surface area contributed by atoms with Crippen molar-refractivity contribution in [2.24, 2.45) is 11.2 Å². The van der Waals surface area contributed by atoms with Crippen LogP contribution in [0.5, 0.6) is 0 Å². The van der Waals surface area contributed by atoms with Gasteiger partial charge in [0, 0.05) is 7.11 Å². The maximum Gasteiger partial charge on any atom is 0.397 e. The zero-order chi connectivity index (χ0) is 8.78. The quantitative estimate of drug-likeness (QED) is 0.297. The zero-order valence-electron chi connectivity index (χ0n) is 5.89. The molecule has 0 amide bonds. The minimum Gasteiger partial charge on any atom is -0.367 e. The standard InChI is InChI=1S/C3H9NO.H4NO3P/c1-3(4)5-2;1-5(2,3)4/h3H,4H2,1-2H3;(H4,1,2,3,4). The maximum absolute atomic E-state index is 9.10. The molecule has 0 rings (SSSR count). The van der Waals surface area contributed by atoms with Crippen LogP contribution in [-0.2, 0) is 9.30 Å². The predicted octanol–water partition coefficient (Wildman–Crippen LogP) is -1.02. The van der Waals surface area contributed by atoms with Crippen molar-refractivity contribution in [3.05, 3.63) is 0 Å². The smallest absolute Gasteiger partial charge is 0.367 e. The van der Waals surface area contributed by atoms with E-state index in [4.69, 9.17) is 20.1 Å². The van der Waals surface area contributed by atoms with E-state index in [-0.39, 0.29) is 6.23 Å². The van der Waals surface area contributed by atoms with Crippen molar-refractivity contribution in [2.75, 3.05) is 7.11 Å². The Kier molecular flexibility index (Phi) is 7.34. The molecule has 1 unspecified atom stereocenters. The highest BCUT2D eigenvalue weighted by atomic mass is 31.2. The molecule has 64 valence electrons. The van der Waals surface area contributed by atoms with Crippen molar-refractivity contribution in [2.45, 2.75) is 13.2 Å². The van der Waals surface area contributed by atoms with Crippen LogP contribution in [0.3, 0.4) is 0 Å². The van der Waals surface area contributed by atoms with Gasteiger partial charge in [-0.1, -0.05) is 0 Å². The summed E-state index contributed by atoms with van der Waals surface area (Å²) in [5.41, 5.74) is 9.09. The van der Waals surface area contributed by atoms with E-state index in [1.165, 1.54) is 0 Å². The van der Waals surface area contributed by atoms with Crippen LogP contribution in [0.25, 0.3) is 0 Å². The van der Waals surface area contributed by atoms with Gasteiger partial charge in [-0.05, 0) is 6.92 Å². The third-order valence-electron chi connectivity index (χ3n) is 0.372. The van der Waals surface area contributed by atoms with E-state index in [2.05, 4.69) is 10.2 Å². The lowest BCUT2D eigenvalue weighted by Gasteiger charge is -1.95. The summed E-state index contributed by atoms with van der Waals surface area (Å²) in [6.45, 7) is 1.78. The van der Waals surface area contributed by atoms with Gasteiger partial charge in [-0.3, -0.25) is 0 Å². The van der Waals surface area contributed by atoms with Gasteiger partial charge in [0.15, 0.2) is 0 Å². The molecule has 0 aliphatic carbocycles. The topological polar surface area (TPSA) is 119 Å². The fourth-order valence-electron chi connectivity index (χ4n) is 0. The second kappa shape index (κ2) is 5.79. The average molecular weight is 172 g/mol. The molecule has 0 bridgehead atoms. The Morgan fingerprint density at radius 2 is 1.70 bits per heavy atom. The molecule has 0 saturated carbocycles. The second-order valence-corrected chi connectivity index (χ2v) is 2.71. The van der Waals surface area contributed by atoms with Crippen molar-refractivity contribution in [1.29, 1.82) is 0 Å². The Hall–Kier alpha value is 0.0300. The summed E-state index contributed by atoms with van der Waals surface area (Å²) >= 11 is 0. The number of methoxy groups -OCH3 is 1. The summed E-state index contributed by atoms with van der Waals surface area (Å²) in [4.78, 5) is 14.8. The van der Waals surface area contributed by atoms with Crippen molar-refractivity contribution in [3.63, 3.8) is 0 Å². The molecule has 0 heterocycles. The number of nitrogens with two attached hydrogens (primary N) is 2. The highest BCUT2D eigenvalue weighted by molar-refractivity contribution is 7.49. The third kappa shape index (κ3) is 96.3. The van der Waals surface area contributed by atoms with Gasteiger partial charge in [-0.25, -0.2) is 10.1 Å². The second-order valence-electron chi connectivity index (χ2n) is 1.53. The van der Waals surface area contributed by atoms with Gasteiger partial charge in [-0.15, -0.1) is 0 Å². The fourth-order valence-corrected chi connectivity index (χ4v) is 0. The lowest BCUT2D eigenvalue weighted by molar-refractivity contribution is 0.124. The first kappa shape index (κ1) is 12.7. The van der Waals surface area contributed by atoms with Gasteiger partial charge in [0.05, 0.1) is 0 Å². The molecule has 10 heavy (non-hydrogen) atoms. The van der Waals surface area contributed by atoms with Crippen LogP contribution in [0.4, 0.5) is 0 Å². The van der Waals surface area contributed by atoms with E-state index >= 15 is 0 Å². The molecule has 0 radical (unpaired) electrons. The minimum atomic E-state index is -4.14. The van der Waals surface area contributed by atoms with E-state index in [9.17, 15) is 0 Å². The summed E-state index contributed by atoms with van der Waals surface area (Å²) in [5.74, 6) is 0. The van der Waals surface area contributed by atoms with Crippen LogP contribution in [0.2, 0.25) is 0 Å². The van der Waals surface area contributed by atoms with Crippen LogP contribution < -0.4 is 11.2 Å². The summed E-state index contributed by atoms with van der Waals surface area (Å²) in [7, 11) is -2.56. The molecule has 0 aromatic carbocycles. The minimum absolute atomic E-state index is 0.116. The van der Waals surface area contributed by atoms with Crippen molar-refractivity contribution >= 4 is 7.75 Å². The van der Waals surface area contributed by atoms with E-state index in [1.54, 1.807) is 14.0 Å². The van der Waals surface area contributed by atoms with E-state index < -0.39 is 7.75 Å². The molecule has 0 saturated heterocycles. The molecular formula is C3H13N2O4P. The molecule has 0 fully saturated rings. The Bertz CT molecular complexity index is 103. The Balaban J connectivity index is 0. The number of hydrogen-bond donors (Lipinski definition) is 4. The summed E-state index contributed by atoms with van der Waals surface area (Å²) in [6.07, 6.45) is -0.116. The van der Waals surface area contributed by atoms with Crippen molar-refractivity contribution in [1.82, 2.24) is 0 Å². The van der Waals surface area contributed by atoms with Gasteiger partial charge in [-0.2, -0.15) is 0 Å². The molecule has 6 N–H and O–H groups in total. The van der Waals surface area contributed by atoms with E-state index in [1.807, 2.05) is 0 Å². The fraction of sp³-hybridized carbons (Fsp3) is 1.00. The first-order chi connectivity index (χ1) is 4.27. The zero-order valence-corrected chi connectivity index (χ0v) is 6.78. The third-order valence-corrected chi connectivity index (χ3v) is 0.372. The lowest BCUT2D eigenvalue weighted by Crippen LogP contribution is -2.15. The van der Waals surface area contributed by atoms with Gasteiger partial charge in [0.2, 0.25) is 0 Å². The molecular weight excluding hydrogens is 159 g/mol. The van der Waals surface area contributed by atoms with Gasteiger partial charge in [0.1, 0.15) is 6.23 Å². The summed E-state index contributed by atoms with van der Waals surface area (Å²) < 4.78 is 13.6. The Labute approximate surface area is 59.4 Å². The van der Waals surface area contributed by atoms with Gasteiger partial charge in [0.25, 0.3) is 0 Å². The van der Waals surface area contributed by atoms with E-state index in [0.29, 0.717) is 0 Å². The normalized spacial score (nSPS) is 13.4. The first-order valence-corrected chi connectivity index (χ1v) is 4.08. The van der Waals surface area contributed by atoms with E-state index in [0.717, 1.165) is 0 Å². The number of ether oxygens (including phenoxy) is 1. The monoisotopic (exact) mass is 172 g/mol. The molecule has 7 heteroatoms. The van der Waals surface area contributed by atoms with Crippen LogP contribution in [0.15, 0.2) is 0 Å². The van der Waals surface area contributed by atoms with Crippen LogP contribution in [-0.4, -0.2) is 23.1 Å². The number of hydrogen-bond acceptors (Lipinski definition) is 3. The maximum atomic E-state index is 9.10. The molecule has 0 aromatic rings. The molecule has 1 atom stereocenters. The van der Waals surface area contributed by atoms with Gasteiger partial charge >= 0.3 is 7.75 Å². The highest BCUT2D eigenvalue weighted by Crippen LogP contribution is 2.20. The average Bonchev–Trinajstić information content (AvgIpc) is 1.61. The summed E-state index contributed by atoms with van der Waals surface area (Å²) in [6, 6.07) is 0. The number of rotatable bonds is 1. The van der Waals surface area contributed by atoms with Crippen LogP contribution >= 0.6 is 7.75 Å². The van der Waals surface area contributed by atoms with Crippen LogP contribution in [0, 0.1) is 0 Å². The summed E-state index contributed by atoms with van der Waals surface area (Å²) in [5, 5.41) is 0. The molecule has 0 aromatic heterocycles. The molecule has 6 nitrogen and oxygen atoms in total. The largest absolute Gasteiger partial charge is 0.397 e. The highest BCUT2D eigenvalue weighted by Gasteiger charge is 1.96.